The van der Waals surface area contributed by atoms with Crippen LogP contribution in [0.25, 0.3) is 0 Å². The van der Waals surface area contributed by atoms with E-state index in [1.807, 2.05) is 0 Å². The van der Waals surface area contributed by atoms with E-state index in [9.17, 15) is 13.2 Å². The van der Waals surface area contributed by atoms with Crippen LogP contribution in [0.4, 0.5) is 13.2 Å². The van der Waals surface area contributed by atoms with E-state index in [0.717, 1.165) is 6.07 Å². The van der Waals surface area contributed by atoms with Crippen LogP contribution in [0.1, 0.15) is 30.5 Å². The minimum atomic E-state index is -1.54. The second-order valence-electron chi connectivity index (χ2n) is 3.58. The lowest BCUT2D eigenvalue weighted by Crippen LogP contribution is -2.07. The predicted octanol–water partition coefficient (Wildman–Crippen LogP) is 3.04. The highest BCUT2D eigenvalue weighted by molar-refractivity contribution is 5.32. The molecule has 5 heteroatoms. The molecule has 1 aromatic carbocycles. The first-order chi connectivity index (χ1) is 7.59. The van der Waals surface area contributed by atoms with Crippen LogP contribution in [-0.2, 0) is 9.47 Å². The molecule has 1 unspecified atom stereocenters. The van der Waals surface area contributed by atoms with Gasteiger partial charge in [-0.25, -0.2) is 13.2 Å². The monoisotopic (exact) mass is 232 g/mol. The average Bonchev–Trinajstić information content (AvgIpc) is 2.67. The highest BCUT2D eigenvalue weighted by Crippen LogP contribution is 2.33. The van der Waals surface area contributed by atoms with Gasteiger partial charge in [0.25, 0.3) is 0 Å². The first-order valence-corrected chi connectivity index (χ1v) is 4.95. The molecule has 0 spiro atoms. The molecule has 1 aliphatic heterocycles. The lowest BCUT2D eigenvalue weighted by atomic mass is 10.0. The van der Waals surface area contributed by atoms with E-state index in [0.29, 0.717) is 19.3 Å². The molecule has 1 aromatic rings. The fourth-order valence-corrected chi connectivity index (χ4v) is 1.76. The van der Waals surface area contributed by atoms with Crippen molar-refractivity contribution in [3.63, 3.8) is 0 Å². The number of rotatable bonds is 2. The standard InChI is InChI=1S/C11H11F3O2/c1-6(12)10-8(11-15-2-3-16-11)4-7(13)5-9(10)14/h4-6,11H,2-3H2,1H3. The van der Waals surface area contributed by atoms with Gasteiger partial charge >= 0.3 is 0 Å². The molecule has 1 aliphatic rings. The molecule has 16 heavy (non-hydrogen) atoms. The van der Waals surface area contributed by atoms with Crippen LogP contribution in [-0.4, -0.2) is 13.2 Å². The van der Waals surface area contributed by atoms with E-state index in [1.165, 1.54) is 6.92 Å². The van der Waals surface area contributed by atoms with E-state index in [-0.39, 0.29) is 11.1 Å². The summed E-state index contributed by atoms with van der Waals surface area (Å²) in [7, 11) is 0. The number of halogens is 3. The Labute approximate surface area is 91.0 Å². The molecule has 2 rings (SSSR count). The zero-order chi connectivity index (χ0) is 11.7. The summed E-state index contributed by atoms with van der Waals surface area (Å²) in [4.78, 5) is 0. The molecular formula is C11H11F3O2. The Morgan fingerprint density at radius 3 is 2.44 bits per heavy atom. The Balaban J connectivity index is 2.47. The molecule has 88 valence electrons. The highest BCUT2D eigenvalue weighted by Gasteiger charge is 2.26. The summed E-state index contributed by atoms with van der Waals surface area (Å²) >= 11 is 0. The third kappa shape index (κ3) is 2.05. The van der Waals surface area contributed by atoms with Crippen LogP contribution >= 0.6 is 0 Å². The number of hydrogen-bond acceptors (Lipinski definition) is 2. The molecule has 0 radical (unpaired) electrons. The normalized spacial score (nSPS) is 19.0. The van der Waals surface area contributed by atoms with Gasteiger partial charge in [0, 0.05) is 17.2 Å². The lowest BCUT2D eigenvalue weighted by Gasteiger charge is -2.16. The summed E-state index contributed by atoms with van der Waals surface area (Å²) in [5, 5.41) is 0. The van der Waals surface area contributed by atoms with Crippen LogP contribution in [0.2, 0.25) is 0 Å². The fourth-order valence-electron chi connectivity index (χ4n) is 1.76. The molecule has 1 atom stereocenters. The van der Waals surface area contributed by atoms with Gasteiger partial charge in [-0.05, 0) is 13.0 Å². The van der Waals surface area contributed by atoms with Crippen LogP contribution in [0, 0.1) is 11.6 Å². The maximum absolute atomic E-state index is 13.4. The predicted molar refractivity (Wildman–Crippen MR) is 50.5 cm³/mol. The van der Waals surface area contributed by atoms with Crippen molar-refractivity contribution in [1.82, 2.24) is 0 Å². The van der Waals surface area contributed by atoms with E-state index >= 15 is 0 Å². The molecule has 0 saturated carbocycles. The Kier molecular flexibility index (Phi) is 3.16. The zero-order valence-corrected chi connectivity index (χ0v) is 8.67. The van der Waals surface area contributed by atoms with Gasteiger partial charge in [-0.15, -0.1) is 0 Å². The maximum Gasteiger partial charge on any atom is 0.184 e. The van der Waals surface area contributed by atoms with Crippen molar-refractivity contribution >= 4 is 0 Å². The van der Waals surface area contributed by atoms with Gasteiger partial charge in [0.1, 0.15) is 17.8 Å². The first-order valence-electron chi connectivity index (χ1n) is 4.95. The maximum atomic E-state index is 13.4. The van der Waals surface area contributed by atoms with E-state index in [1.54, 1.807) is 0 Å². The van der Waals surface area contributed by atoms with Crippen molar-refractivity contribution in [1.29, 1.82) is 0 Å². The highest BCUT2D eigenvalue weighted by atomic mass is 19.1. The summed E-state index contributed by atoms with van der Waals surface area (Å²) in [6.07, 6.45) is -2.42. The minimum absolute atomic E-state index is 0.0880. The fraction of sp³-hybridized carbons (Fsp3) is 0.455. The van der Waals surface area contributed by atoms with Crippen LogP contribution in [0.3, 0.4) is 0 Å². The summed E-state index contributed by atoms with van der Waals surface area (Å²) in [5.74, 6) is -1.68. The molecule has 0 aliphatic carbocycles. The average molecular weight is 232 g/mol. The van der Waals surface area contributed by atoms with E-state index in [2.05, 4.69) is 0 Å². The molecule has 1 saturated heterocycles. The Hall–Kier alpha value is -1.07. The van der Waals surface area contributed by atoms with Gasteiger partial charge in [0.15, 0.2) is 6.29 Å². The Bertz CT molecular complexity index is 387. The molecule has 1 heterocycles. The molecule has 0 N–H and O–H groups in total. The molecule has 0 bridgehead atoms. The van der Waals surface area contributed by atoms with Crippen LogP contribution in [0.5, 0.6) is 0 Å². The summed E-state index contributed by atoms with van der Waals surface area (Å²) < 4.78 is 50.0. The Morgan fingerprint density at radius 2 is 1.88 bits per heavy atom. The van der Waals surface area contributed by atoms with Crippen molar-refractivity contribution < 1.29 is 22.6 Å². The number of alkyl halides is 1. The molecule has 0 amide bonds. The largest absolute Gasteiger partial charge is 0.346 e. The van der Waals surface area contributed by atoms with Gasteiger partial charge < -0.3 is 9.47 Å². The van der Waals surface area contributed by atoms with E-state index in [4.69, 9.17) is 9.47 Å². The zero-order valence-electron chi connectivity index (χ0n) is 8.67. The second kappa shape index (κ2) is 4.43. The summed E-state index contributed by atoms with van der Waals surface area (Å²) in [5.41, 5.74) is -0.113. The van der Waals surface area contributed by atoms with Gasteiger partial charge in [-0.3, -0.25) is 0 Å². The molecular weight excluding hydrogens is 221 g/mol. The van der Waals surface area contributed by atoms with Gasteiger partial charge in [-0.1, -0.05) is 0 Å². The van der Waals surface area contributed by atoms with Gasteiger partial charge in [0.2, 0.25) is 0 Å². The number of hydrogen-bond donors (Lipinski definition) is 0. The molecule has 1 fully saturated rings. The smallest absolute Gasteiger partial charge is 0.184 e. The van der Waals surface area contributed by atoms with Crippen LogP contribution in [0.15, 0.2) is 12.1 Å². The molecule has 0 aromatic heterocycles. The second-order valence-corrected chi connectivity index (χ2v) is 3.58. The van der Waals surface area contributed by atoms with Crippen molar-refractivity contribution in [2.75, 3.05) is 13.2 Å². The van der Waals surface area contributed by atoms with Gasteiger partial charge in [0.05, 0.1) is 13.2 Å². The van der Waals surface area contributed by atoms with E-state index < -0.39 is 24.1 Å². The van der Waals surface area contributed by atoms with Crippen molar-refractivity contribution in [3.05, 3.63) is 34.9 Å². The SMILES string of the molecule is CC(F)c1c(F)cc(F)cc1C1OCCO1. The third-order valence-electron chi connectivity index (χ3n) is 2.40. The minimum Gasteiger partial charge on any atom is -0.346 e. The summed E-state index contributed by atoms with van der Waals surface area (Å²) in [6, 6.07) is 1.70. The first kappa shape index (κ1) is 11.4. The van der Waals surface area contributed by atoms with Crippen molar-refractivity contribution in [2.45, 2.75) is 19.4 Å². The van der Waals surface area contributed by atoms with Crippen molar-refractivity contribution in [2.24, 2.45) is 0 Å². The number of ether oxygens (including phenoxy) is 2. The molecule has 2 nitrogen and oxygen atoms in total. The quantitative estimate of drug-likeness (QED) is 0.780. The third-order valence-corrected chi connectivity index (χ3v) is 2.40. The summed E-state index contributed by atoms with van der Waals surface area (Å²) in [6.45, 7) is 1.86. The van der Waals surface area contributed by atoms with Gasteiger partial charge in [-0.2, -0.15) is 0 Å². The number of benzene rings is 1. The lowest BCUT2D eigenvalue weighted by molar-refractivity contribution is -0.0458. The topological polar surface area (TPSA) is 18.5 Å². The Morgan fingerprint density at radius 1 is 1.25 bits per heavy atom. The van der Waals surface area contributed by atoms with Crippen LogP contribution < -0.4 is 0 Å². The van der Waals surface area contributed by atoms with Crippen molar-refractivity contribution in [3.8, 4) is 0 Å².